The van der Waals surface area contributed by atoms with Crippen molar-refractivity contribution in [3.63, 3.8) is 0 Å². The number of benzene rings is 1. The Balaban J connectivity index is 1.61. The van der Waals surface area contributed by atoms with Gasteiger partial charge in [0, 0.05) is 17.5 Å². The number of thioether (sulfide) groups is 1. The molecular formula is C22H22N4O4S2. The van der Waals surface area contributed by atoms with Crippen molar-refractivity contribution in [2.45, 2.75) is 37.9 Å². The maximum Gasteiger partial charge on any atom is 0.292 e. The van der Waals surface area contributed by atoms with E-state index in [0.29, 0.717) is 21.3 Å². The number of carbonyl (C=O) groups excluding carboxylic acids is 1. The SMILES string of the molecule is C=CCn1c(SCC(=O)Nc2ccccc2[N+](=O)[O-])nc2sc3c(c2c1=O)CCC(C)C3. The molecule has 2 heterocycles. The molecule has 4 rings (SSSR count). The van der Waals surface area contributed by atoms with Crippen LogP contribution in [0.5, 0.6) is 0 Å². The van der Waals surface area contributed by atoms with E-state index in [9.17, 15) is 19.7 Å². The molecule has 0 aliphatic heterocycles. The summed E-state index contributed by atoms with van der Waals surface area (Å²) in [5, 5.41) is 14.9. The minimum absolute atomic E-state index is 0.0384. The van der Waals surface area contributed by atoms with Crippen molar-refractivity contribution in [3.05, 3.63) is 67.8 Å². The normalized spacial score (nSPS) is 15.3. The summed E-state index contributed by atoms with van der Waals surface area (Å²) in [4.78, 5) is 43.1. The average Bonchev–Trinajstić information content (AvgIpc) is 3.12. The van der Waals surface area contributed by atoms with Crippen LogP contribution < -0.4 is 10.9 Å². The predicted molar refractivity (Wildman–Crippen MR) is 128 cm³/mol. The molecule has 1 aromatic carbocycles. The minimum atomic E-state index is -0.542. The molecule has 2 aromatic heterocycles. The van der Waals surface area contributed by atoms with Crippen LogP contribution in [0.3, 0.4) is 0 Å². The lowest BCUT2D eigenvalue weighted by Gasteiger charge is -2.17. The van der Waals surface area contributed by atoms with Gasteiger partial charge in [-0.1, -0.05) is 36.9 Å². The lowest BCUT2D eigenvalue weighted by Crippen LogP contribution is -2.24. The maximum absolute atomic E-state index is 13.3. The molecule has 10 heteroatoms. The number of hydrogen-bond acceptors (Lipinski definition) is 7. The lowest BCUT2D eigenvalue weighted by atomic mass is 9.89. The van der Waals surface area contributed by atoms with E-state index in [-0.39, 0.29) is 29.2 Å². The number of aromatic nitrogens is 2. The fourth-order valence-corrected chi connectivity index (χ4v) is 6.09. The van der Waals surface area contributed by atoms with Gasteiger partial charge in [-0.2, -0.15) is 0 Å². The first-order valence-electron chi connectivity index (χ1n) is 10.2. The summed E-state index contributed by atoms with van der Waals surface area (Å²) in [7, 11) is 0. The number of aryl methyl sites for hydroxylation is 1. The largest absolute Gasteiger partial charge is 0.320 e. The number of thiophene rings is 1. The monoisotopic (exact) mass is 470 g/mol. The van der Waals surface area contributed by atoms with E-state index in [4.69, 9.17) is 4.98 Å². The summed E-state index contributed by atoms with van der Waals surface area (Å²) in [6, 6.07) is 5.97. The van der Waals surface area contributed by atoms with Gasteiger partial charge in [-0.05, 0) is 36.8 Å². The van der Waals surface area contributed by atoms with E-state index >= 15 is 0 Å². The zero-order valence-corrected chi connectivity index (χ0v) is 19.1. The van der Waals surface area contributed by atoms with Gasteiger partial charge in [0.2, 0.25) is 5.91 Å². The number of nitrogens with one attached hydrogen (secondary N) is 1. The average molecular weight is 471 g/mol. The van der Waals surface area contributed by atoms with Crippen LogP contribution >= 0.6 is 23.1 Å². The Labute approximate surface area is 192 Å². The quantitative estimate of drug-likeness (QED) is 0.180. The molecule has 1 unspecified atom stereocenters. The molecule has 1 N–H and O–H groups in total. The van der Waals surface area contributed by atoms with Crippen molar-refractivity contribution in [1.29, 1.82) is 0 Å². The number of fused-ring (bicyclic) bond motifs is 3. The Morgan fingerprint density at radius 2 is 2.25 bits per heavy atom. The van der Waals surface area contributed by atoms with Crippen LogP contribution in [0.15, 0.2) is 46.9 Å². The molecule has 32 heavy (non-hydrogen) atoms. The minimum Gasteiger partial charge on any atom is -0.320 e. The molecule has 1 aliphatic rings. The smallest absolute Gasteiger partial charge is 0.292 e. The van der Waals surface area contributed by atoms with Gasteiger partial charge in [0.1, 0.15) is 10.5 Å². The molecule has 1 aliphatic carbocycles. The van der Waals surface area contributed by atoms with Gasteiger partial charge in [-0.15, -0.1) is 17.9 Å². The number of para-hydroxylation sites is 2. The highest BCUT2D eigenvalue weighted by Crippen LogP contribution is 2.36. The van der Waals surface area contributed by atoms with Crippen molar-refractivity contribution >= 4 is 50.6 Å². The van der Waals surface area contributed by atoms with Crippen LogP contribution in [0.25, 0.3) is 10.2 Å². The second kappa shape index (κ2) is 9.25. The van der Waals surface area contributed by atoms with Gasteiger partial charge >= 0.3 is 0 Å². The van der Waals surface area contributed by atoms with Crippen LogP contribution in [-0.4, -0.2) is 26.1 Å². The third-order valence-corrected chi connectivity index (χ3v) is 7.52. The number of rotatable bonds is 7. The Morgan fingerprint density at radius 1 is 1.47 bits per heavy atom. The van der Waals surface area contributed by atoms with Crippen molar-refractivity contribution in [1.82, 2.24) is 9.55 Å². The van der Waals surface area contributed by atoms with E-state index < -0.39 is 10.8 Å². The molecular weight excluding hydrogens is 448 g/mol. The summed E-state index contributed by atoms with van der Waals surface area (Å²) in [6.45, 7) is 6.25. The van der Waals surface area contributed by atoms with Crippen molar-refractivity contribution < 1.29 is 9.72 Å². The van der Waals surface area contributed by atoms with Crippen molar-refractivity contribution in [3.8, 4) is 0 Å². The highest BCUT2D eigenvalue weighted by atomic mass is 32.2. The molecule has 3 aromatic rings. The third kappa shape index (κ3) is 4.33. The number of nitrogens with zero attached hydrogens (tertiary/aromatic N) is 3. The van der Waals surface area contributed by atoms with E-state index in [1.807, 2.05) is 0 Å². The van der Waals surface area contributed by atoms with Crippen LogP contribution in [0.4, 0.5) is 11.4 Å². The highest BCUT2D eigenvalue weighted by Gasteiger charge is 2.25. The van der Waals surface area contributed by atoms with Crippen LogP contribution in [0.1, 0.15) is 23.8 Å². The summed E-state index contributed by atoms with van der Waals surface area (Å²) < 4.78 is 1.54. The van der Waals surface area contributed by atoms with Crippen LogP contribution in [0, 0.1) is 16.0 Å². The first-order valence-corrected chi connectivity index (χ1v) is 12.0. The molecule has 0 saturated carbocycles. The Hall–Kier alpha value is -2.98. The molecule has 0 radical (unpaired) electrons. The van der Waals surface area contributed by atoms with Crippen LogP contribution in [0.2, 0.25) is 0 Å². The topological polar surface area (TPSA) is 107 Å². The molecule has 0 saturated heterocycles. The van der Waals surface area contributed by atoms with Gasteiger partial charge in [0.05, 0.1) is 16.1 Å². The number of carbonyl (C=O) groups is 1. The van der Waals surface area contributed by atoms with Crippen molar-refractivity contribution in [2.24, 2.45) is 5.92 Å². The summed E-state index contributed by atoms with van der Waals surface area (Å²) in [5.74, 6) is 0.136. The number of allylic oxidation sites excluding steroid dienone is 1. The highest BCUT2D eigenvalue weighted by molar-refractivity contribution is 7.99. The van der Waals surface area contributed by atoms with E-state index in [0.717, 1.165) is 36.6 Å². The molecule has 8 nitrogen and oxygen atoms in total. The fraction of sp³-hybridized carbons (Fsp3) is 0.318. The van der Waals surface area contributed by atoms with Gasteiger partial charge in [-0.25, -0.2) is 4.98 Å². The van der Waals surface area contributed by atoms with Gasteiger partial charge < -0.3 is 5.32 Å². The van der Waals surface area contributed by atoms with E-state index in [1.165, 1.54) is 23.1 Å². The zero-order chi connectivity index (χ0) is 22.8. The number of nitro groups is 1. The molecule has 0 fully saturated rings. The lowest BCUT2D eigenvalue weighted by molar-refractivity contribution is -0.383. The zero-order valence-electron chi connectivity index (χ0n) is 17.5. The Kier molecular flexibility index (Phi) is 6.43. The van der Waals surface area contributed by atoms with Gasteiger partial charge in [-0.3, -0.25) is 24.3 Å². The molecule has 1 amide bonds. The Bertz CT molecular complexity index is 1280. The number of anilines is 1. The first-order chi connectivity index (χ1) is 15.4. The van der Waals surface area contributed by atoms with E-state index in [2.05, 4.69) is 18.8 Å². The Morgan fingerprint density at radius 3 is 3.00 bits per heavy atom. The van der Waals surface area contributed by atoms with Crippen LogP contribution in [-0.2, 0) is 24.2 Å². The van der Waals surface area contributed by atoms with Gasteiger partial charge in [0.15, 0.2) is 5.16 Å². The third-order valence-electron chi connectivity index (χ3n) is 5.40. The second-order valence-corrected chi connectivity index (χ2v) is 9.77. The van der Waals surface area contributed by atoms with E-state index in [1.54, 1.807) is 28.0 Å². The number of amides is 1. The second-order valence-electron chi connectivity index (χ2n) is 7.74. The number of nitro benzene ring substituents is 1. The molecule has 0 bridgehead atoms. The summed E-state index contributed by atoms with van der Waals surface area (Å²) >= 11 is 2.69. The molecule has 1 atom stereocenters. The fourth-order valence-electron chi connectivity index (χ4n) is 3.86. The number of hydrogen-bond donors (Lipinski definition) is 1. The first kappa shape index (κ1) is 22.2. The van der Waals surface area contributed by atoms with Crippen molar-refractivity contribution in [2.75, 3.05) is 11.1 Å². The predicted octanol–water partition coefficient (Wildman–Crippen LogP) is 4.41. The summed E-state index contributed by atoms with van der Waals surface area (Å²) in [5.41, 5.74) is 0.968. The molecule has 0 spiro atoms. The summed E-state index contributed by atoms with van der Waals surface area (Å²) in [6.07, 6.45) is 4.53. The maximum atomic E-state index is 13.3. The standard InChI is InChI=1S/C22H22N4O4S2/c1-3-10-25-21(28)19-14-9-8-13(2)11-17(14)32-20(19)24-22(25)31-12-18(27)23-15-6-4-5-7-16(15)26(29)30/h3-7,13H,1,8-12H2,2H3,(H,23,27). The van der Waals surface area contributed by atoms with Gasteiger partial charge in [0.25, 0.3) is 11.2 Å². The molecule has 166 valence electrons.